The van der Waals surface area contributed by atoms with E-state index in [2.05, 4.69) is 5.32 Å². The molecule has 1 fully saturated rings. The Morgan fingerprint density at radius 3 is 2.44 bits per heavy atom. The van der Waals surface area contributed by atoms with Gasteiger partial charge >= 0.3 is 0 Å². The highest BCUT2D eigenvalue weighted by atomic mass is 35.5. The molecule has 2 rings (SSSR count). The predicted octanol–water partition coefficient (Wildman–Crippen LogP) is 2.67. The Labute approximate surface area is 157 Å². The van der Waals surface area contributed by atoms with Crippen molar-refractivity contribution in [1.82, 2.24) is 5.32 Å². The number of nitrogens with one attached hydrogen (secondary N) is 1. The van der Waals surface area contributed by atoms with Crippen LogP contribution in [0, 0.1) is 13.8 Å². The molecule has 1 aliphatic rings. The summed E-state index contributed by atoms with van der Waals surface area (Å²) in [6, 6.07) is 5.34. The molecule has 7 heteroatoms. The smallest absolute Gasteiger partial charge is 0.241 e. The lowest BCUT2D eigenvalue weighted by molar-refractivity contribution is -0.123. The highest BCUT2D eigenvalue weighted by Gasteiger charge is 2.53. The number of benzene rings is 1. The van der Waals surface area contributed by atoms with E-state index < -0.39 is 14.6 Å². The minimum Gasteiger partial charge on any atom is -0.355 e. The van der Waals surface area contributed by atoms with E-state index in [4.69, 9.17) is 5.73 Å². The first-order chi connectivity index (χ1) is 11.2. The number of hydrogen-bond acceptors (Lipinski definition) is 4. The molecule has 1 atom stereocenters. The van der Waals surface area contributed by atoms with Crippen molar-refractivity contribution in [3.05, 3.63) is 29.3 Å². The highest BCUT2D eigenvalue weighted by Crippen LogP contribution is 2.41. The summed E-state index contributed by atoms with van der Waals surface area (Å²) in [4.78, 5) is 13.1. The van der Waals surface area contributed by atoms with Crippen LogP contribution in [-0.2, 0) is 14.6 Å². The zero-order valence-corrected chi connectivity index (χ0v) is 16.8. The van der Waals surface area contributed by atoms with Gasteiger partial charge in [-0.1, -0.05) is 25.0 Å². The van der Waals surface area contributed by atoms with Crippen molar-refractivity contribution in [3.63, 3.8) is 0 Å². The fourth-order valence-electron chi connectivity index (χ4n) is 3.35. The molecule has 142 valence electrons. The van der Waals surface area contributed by atoms with Crippen LogP contribution >= 0.6 is 12.4 Å². The van der Waals surface area contributed by atoms with E-state index >= 15 is 0 Å². The number of carbonyl (C=O) groups is 1. The van der Waals surface area contributed by atoms with Crippen molar-refractivity contribution >= 4 is 28.2 Å². The minimum absolute atomic E-state index is 0. The Bertz CT molecular complexity index is 711. The van der Waals surface area contributed by atoms with E-state index in [1.807, 2.05) is 19.9 Å². The molecule has 1 amide bonds. The number of halogens is 1. The number of nitrogens with two attached hydrogens (primary N) is 1. The average Bonchev–Trinajstić information content (AvgIpc) is 3.00. The number of sulfone groups is 1. The Kier molecular flexibility index (Phi) is 7.47. The minimum atomic E-state index is -3.75. The van der Waals surface area contributed by atoms with E-state index in [-0.39, 0.29) is 29.3 Å². The van der Waals surface area contributed by atoms with E-state index in [1.54, 1.807) is 19.1 Å². The molecule has 0 bridgehead atoms. The zero-order chi connectivity index (χ0) is 18.0. The molecule has 0 radical (unpaired) electrons. The second-order valence-electron chi connectivity index (χ2n) is 7.00. The molecule has 5 nitrogen and oxygen atoms in total. The molecule has 25 heavy (non-hydrogen) atoms. The van der Waals surface area contributed by atoms with Crippen LogP contribution in [0.25, 0.3) is 0 Å². The third-order valence-corrected chi connectivity index (χ3v) is 7.50. The van der Waals surface area contributed by atoms with E-state index in [0.29, 0.717) is 31.4 Å². The van der Waals surface area contributed by atoms with Crippen LogP contribution in [-0.4, -0.2) is 31.7 Å². The fourth-order valence-corrected chi connectivity index (χ4v) is 5.74. The first kappa shape index (κ1) is 21.9. The van der Waals surface area contributed by atoms with Gasteiger partial charge in [0.15, 0.2) is 14.6 Å². The van der Waals surface area contributed by atoms with E-state index in [0.717, 1.165) is 18.4 Å². The first-order valence-corrected chi connectivity index (χ1v) is 10.0. The first-order valence-electron chi connectivity index (χ1n) is 8.56. The van der Waals surface area contributed by atoms with Gasteiger partial charge in [0.05, 0.1) is 4.90 Å². The van der Waals surface area contributed by atoms with Gasteiger partial charge in [0.1, 0.15) is 0 Å². The lowest BCUT2D eigenvalue weighted by Crippen LogP contribution is -2.51. The maximum Gasteiger partial charge on any atom is 0.241 e. The molecule has 1 saturated carbocycles. The Morgan fingerprint density at radius 2 is 1.88 bits per heavy atom. The Hall–Kier alpha value is -1.11. The molecule has 0 aliphatic heterocycles. The number of hydrogen-bond donors (Lipinski definition) is 2. The van der Waals surface area contributed by atoms with Gasteiger partial charge in [-0.3, -0.25) is 4.79 Å². The van der Waals surface area contributed by atoms with Gasteiger partial charge in [-0.2, -0.15) is 0 Å². The van der Waals surface area contributed by atoms with Crippen molar-refractivity contribution in [2.45, 2.75) is 68.6 Å². The van der Waals surface area contributed by atoms with Gasteiger partial charge in [0.25, 0.3) is 0 Å². The summed E-state index contributed by atoms with van der Waals surface area (Å²) in [5.74, 6) is -0.374. The maximum absolute atomic E-state index is 13.4. The molecule has 3 N–H and O–H groups in total. The molecular weight excluding hydrogens is 360 g/mol. The highest BCUT2D eigenvalue weighted by molar-refractivity contribution is 7.93. The summed E-state index contributed by atoms with van der Waals surface area (Å²) >= 11 is 0. The normalized spacial score (nSPS) is 17.6. The van der Waals surface area contributed by atoms with Crippen LogP contribution in [0.5, 0.6) is 0 Å². The molecule has 0 aromatic heterocycles. The third kappa shape index (κ3) is 4.36. The van der Waals surface area contributed by atoms with Gasteiger partial charge in [-0.15, -0.1) is 12.4 Å². The molecule has 0 heterocycles. The number of rotatable bonds is 6. The summed E-state index contributed by atoms with van der Waals surface area (Å²) in [5, 5.41) is 2.81. The quantitative estimate of drug-likeness (QED) is 0.783. The van der Waals surface area contributed by atoms with Gasteiger partial charge in [0, 0.05) is 12.6 Å². The van der Waals surface area contributed by atoms with Crippen LogP contribution in [0.2, 0.25) is 0 Å². The zero-order valence-electron chi connectivity index (χ0n) is 15.2. The van der Waals surface area contributed by atoms with Crippen LogP contribution < -0.4 is 11.1 Å². The summed E-state index contributed by atoms with van der Waals surface area (Å²) in [7, 11) is -3.75. The van der Waals surface area contributed by atoms with Gasteiger partial charge in [-0.05, 0) is 57.2 Å². The second kappa shape index (κ2) is 8.52. The standard InChI is InChI=1S/C18H28N2O3S.ClH/c1-13-6-7-14(2)16(12-13)24(22,23)18(9-4-5-10-18)17(21)20-11-8-15(3)19;/h6-7,12,15H,4-5,8-11,19H2,1-3H3,(H,20,21);1H. The summed E-state index contributed by atoms with van der Waals surface area (Å²) < 4.78 is 25.4. The van der Waals surface area contributed by atoms with Crippen molar-refractivity contribution in [3.8, 4) is 0 Å². The van der Waals surface area contributed by atoms with Crippen LogP contribution in [0.4, 0.5) is 0 Å². The van der Waals surface area contributed by atoms with Crippen molar-refractivity contribution in [2.24, 2.45) is 5.73 Å². The molecule has 1 aromatic rings. The van der Waals surface area contributed by atoms with E-state index in [1.165, 1.54) is 0 Å². The molecule has 0 saturated heterocycles. The molecular formula is C18H29ClN2O3S. The van der Waals surface area contributed by atoms with Crippen LogP contribution in [0.15, 0.2) is 23.1 Å². The van der Waals surface area contributed by atoms with Crippen LogP contribution in [0.3, 0.4) is 0 Å². The lowest BCUT2D eigenvalue weighted by atomic mass is 10.1. The van der Waals surface area contributed by atoms with Crippen molar-refractivity contribution < 1.29 is 13.2 Å². The third-order valence-electron chi connectivity index (χ3n) is 4.86. The molecule has 0 spiro atoms. The number of carbonyl (C=O) groups excluding carboxylic acids is 1. The predicted molar refractivity (Wildman–Crippen MR) is 103 cm³/mol. The lowest BCUT2D eigenvalue weighted by Gasteiger charge is -2.28. The number of aryl methyl sites for hydroxylation is 2. The summed E-state index contributed by atoms with van der Waals surface area (Å²) in [6.45, 7) is 5.91. The van der Waals surface area contributed by atoms with Gasteiger partial charge in [0.2, 0.25) is 5.91 Å². The SMILES string of the molecule is Cc1ccc(C)c(S(=O)(=O)C2(C(=O)NCCC(C)N)CCCC2)c1.Cl. The topological polar surface area (TPSA) is 89.3 Å². The van der Waals surface area contributed by atoms with Gasteiger partial charge < -0.3 is 11.1 Å². The summed E-state index contributed by atoms with van der Waals surface area (Å²) in [5.41, 5.74) is 7.28. The largest absolute Gasteiger partial charge is 0.355 e. The molecule has 1 unspecified atom stereocenters. The maximum atomic E-state index is 13.4. The fraction of sp³-hybridized carbons (Fsp3) is 0.611. The van der Waals surface area contributed by atoms with E-state index in [9.17, 15) is 13.2 Å². The number of amides is 1. The second-order valence-corrected chi connectivity index (χ2v) is 9.22. The Morgan fingerprint density at radius 1 is 1.28 bits per heavy atom. The van der Waals surface area contributed by atoms with Crippen molar-refractivity contribution in [2.75, 3.05) is 6.54 Å². The molecule has 1 aliphatic carbocycles. The Balaban J connectivity index is 0.00000312. The monoisotopic (exact) mass is 388 g/mol. The van der Waals surface area contributed by atoms with Gasteiger partial charge in [-0.25, -0.2) is 8.42 Å². The molecule has 1 aromatic carbocycles. The average molecular weight is 389 g/mol. The summed E-state index contributed by atoms with van der Waals surface area (Å²) in [6.07, 6.45) is 2.90. The van der Waals surface area contributed by atoms with Crippen LogP contribution in [0.1, 0.15) is 50.2 Å². The van der Waals surface area contributed by atoms with Crippen molar-refractivity contribution in [1.29, 1.82) is 0 Å².